The quantitative estimate of drug-likeness (QED) is 0.500. The van der Waals surface area contributed by atoms with Crippen LogP contribution in [0.3, 0.4) is 0 Å². The number of rotatable bonds is 6. The van der Waals surface area contributed by atoms with Crippen molar-refractivity contribution in [3.05, 3.63) is 77.0 Å². The highest BCUT2D eigenvalue weighted by atomic mass is 35.5. The number of hydrogen-bond acceptors (Lipinski definition) is 5. The van der Waals surface area contributed by atoms with Crippen molar-refractivity contribution in [2.24, 2.45) is 5.10 Å². The molecule has 0 bridgehead atoms. The Balaban J connectivity index is 1.63. The zero-order valence-corrected chi connectivity index (χ0v) is 15.2. The lowest BCUT2D eigenvalue weighted by Crippen LogP contribution is -2.25. The van der Waals surface area contributed by atoms with Gasteiger partial charge in [0.2, 0.25) is 0 Å². The second-order valence-electron chi connectivity index (χ2n) is 5.60. The van der Waals surface area contributed by atoms with Gasteiger partial charge in [0.25, 0.3) is 5.91 Å². The first-order valence-electron chi connectivity index (χ1n) is 8.08. The predicted molar refractivity (Wildman–Crippen MR) is 103 cm³/mol. The van der Waals surface area contributed by atoms with E-state index in [1.54, 1.807) is 61.7 Å². The number of carbonyl (C=O) groups excluding carboxylic acids is 1. The summed E-state index contributed by atoms with van der Waals surface area (Å²) in [5, 5.41) is 14.3. The van der Waals surface area contributed by atoms with Crippen LogP contribution in [0, 0.1) is 0 Å². The minimum atomic E-state index is -1.29. The molecule has 0 saturated carbocycles. The Morgan fingerprint density at radius 1 is 1.22 bits per heavy atom. The second kappa shape index (κ2) is 8.53. The molecule has 6 nitrogen and oxygen atoms in total. The van der Waals surface area contributed by atoms with Crippen LogP contribution in [-0.2, 0) is 4.79 Å². The smallest absolute Gasteiger partial charge is 0.273 e. The van der Waals surface area contributed by atoms with Gasteiger partial charge in [-0.2, -0.15) is 5.10 Å². The van der Waals surface area contributed by atoms with Gasteiger partial charge in [-0.3, -0.25) is 4.79 Å². The van der Waals surface area contributed by atoms with Crippen LogP contribution in [0.2, 0.25) is 5.02 Å². The van der Waals surface area contributed by atoms with Crippen LogP contribution < -0.4 is 10.2 Å². The van der Waals surface area contributed by atoms with Crippen LogP contribution in [0.15, 0.2) is 70.2 Å². The van der Waals surface area contributed by atoms with Crippen LogP contribution in [-0.4, -0.2) is 24.3 Å². The summed E-state index contributed by atoms with van der Waals surface area (Å²) < 4.78 is 10.8. The summed E-state index contributed by atoms with van der Waals surface area (Å²) in [6, 6.07) is 17.4. The third-order valence-electron chi connectivity index (χ3n) is 3.79. The molecule has 138 valence electrons. The van der Waals surface area contributed by atoms with E-state index in [4.69, 9.17) is 20.8 Å². The van der Waals surface area contributed by atoms with Gasteiger partial charge in [-0.1, -0.05) is 41.9 Å². The van der Waals surface area contributed by atoms with E-state index in [1.165, 1.54) is 6.21 Å². The molecule has 1 heterocycles. The number of nitrogens with zero attached hydrogens (tertiary/aromatic N) is 1. The first-order valence-corrected chi connectivity index (χ1v) is 8.46. The summed E-state index contributed by atoms with van der Waals surface area (Å²) in [4.78, 5) is 11.9. The molecule has 0 radical (unpaired) electrons. The number of aliphatic hydroxyl groups excluding tert-OH is 1. The third-order valence-corrected chi connectivity index (χ3v) is 4.09. The highest BCUT2D eigenvalue weighted by Gasteiger charge is 2.16. The Labute approximate surface area is 161 Å². The highest BCUT2D eigenvalue weighted by Crippen LogP contribution is 2.30. The number of nitrogens with one attached hydrogen (secondary N) is 1. The Morgan fingerprint density at radius 2 is 2.00 bits per heavy atom. The number of aliphatic hydroxyl groups is 1. The molecule has 0 saturated heterocycles. The summed E-state index contributed by atoms with van der Waals surface area (Å²) >= 11 is 6.12. The molecule has 0 aliphatic carbocycles. The molecule has 3 rings (SSSR count). The Hall–Kier alpha value is -3.09. The molecule has 3 aromatic rings. The van der Waals surface area contributed by atoms with E-state index in [-0.39, 0.29) is 0 Å². The van der Waals surface area contributed by atoms with Gasteiger partial charge in [-0.25, -0.2) is 5.43 Å². The van der Waals surface area contributed by atoms with E-state index < -0.39 is 12.0 Å². The molecule has 0 fully saturated rings. The number of hydrogen-bond donors (Lipinski definition) is 2. The van der Waals surface area contributed by atoms with Crippen molar-refractivity contribution < 1.29 is 19.1 Å². The Bertz CT molecular complexity index is 954. The van der Waals surface area contributed by atoms with E-state index in [2.05, 4.69) is 10.5 Å². The van der Waals surface area contributed by atoms with E-state index in [1.807, 2.05) is 6.07 Å². The summed E-state index contributed by atoms with van der Waals surface area (Å²) in [6.45, 7) is 0. The first-order chi connectivity index (χ1) is 13.1. The van der Waals surface area contributed by atoms with E-state index in [0.717, 1.165) is 5.56 Å². The fourth-order valence-electron chi connectivity index (χ4n) is 2.40. The van der Waals surface area contributed by atoms with Crippen molar-refractivity contribution in [3.8, 4) is 17.1 Å². The minimum absolute atomic E-state index is 0.437. The molecule has 1 amide bonds. The van der Waals surface area contributed by atoms with Gasteiger partial charge in [-0.05, 0) is 35.9 Å². The van der Waals surface area contributed by atoms with Gasteiger partial charge in [0, 0.05) is 5.56 Å². The largest absolute Gasteiger partial charge is 0.495 e. The van der Waals surface area contributed by atoms with Crippen molar-refractivity contribution in [1.82, 2.24) is 5.43 Å². The number of benzene rings is 2. The first kappa shape index (κ1) is 18.7. The van der Waals surface area contributed by atoms with Crippen LogP contribution >= 0.6 is 11.6 Å². The van der Waals surface area contributed by atoms with Gasteiger partial charge in [-0.15, -0.1) is 0 Å². The fourth-order valence-corrected chi connectivity index (χ4v) is 2.66. The monoisotopic (exact) mass is 384 g/mol. The van der Waals surface area contributed by atoms with Gasteiger partial charge in [0.1, 0.15) is 17.3 Å². The Kier molecular flexibility index (Phi) is 5.90. The number of furan rings is 1. The zero-order valence-electron chi connectivity index (χ0n) is 14.4. The van der Waals surface area contributed by atoms with Crippen LogP contribution in [0.1, 0.15) is 17.4 Å². The van der Waals surface area contributed by atoms with Crippen molar-refractivity contribution >= 4 is 23.7 Å². The second-order valence-corrected chi connectivity index (χ2v) is 6.01. The maximum atomic E-state index is 11.9. The SMILES string of the molecule is COc1ccc(-c2ccc(/C=N\NC(=O)[C@@H](O)c3ccccc3)o2)cc1Cl. The predicted octanol–water partition coefficient (Wildman–Crippen LogP) is 3.79. The number of carbonyl (C=O) groups is 1. The van der Waals surface area contributed by atoms with Crippen LogP contribution in [0.4, 0.5) is 0 Å². The minimum Gasteiger partial charge on any atom is -0.495 e. The fraction of sp³-hybridized carbons (Fsp3) is 0.100. The molecule has 1 atom stereocenters. The van der Waals surface area contributed by atoms with Crippen molar-refractivity contribution in [3.63, 3.8) is 0 Å². The standard InChI is InChI=1S/C20H17ClN2O4/c1-26-18-9-7-14(11-16(18)21)17-10-8-15(27-17)12-22-23-20(25)19(24)13-5-3-2-4-6-13/h2-12,19,24H,1H3,(H,23,25)/b22-12-/t19-/m0/s1. The summed E-state index contributed by atoms with van der Waals surface area (Å²) in [5.41, 5.74) is 3.55. The zero-order chi connectivity index (χ0) is 19.2. The number of amides is 1. The normalized spacial score (nSPS) is 12.1. The lowest BCUT2D eigenvalue weighted by atomic mass is 10.1. The molecule has 0 aliphatic heterocycles. The summed E-state index contributed by atoms with van der Waals surface area (Å²) in [5.74, 6) is 0.975. The molecular formula is C20H17ClN2O4. The van der Waals surface area contributed by atoms with Gasteiger partial charge < -0.3 is 14.3 Å². The number of hydrazone groups is 1. The molecule has 0 unspecified atom stereocenters. The average molecular weight is 385 g/mol. The maximum Gasteiger partial charge on any atom is 0.273 e. The van der Waals surface area contributed by atoms with Gasteiger partial charge >= 0.3 is 0 Å². The number of methoxy groups -OCH3 is 1. The lowest BCUT2D eigenvalue weighted by Gasteiger charge is -2.08. The van der Waals surface area contributed by atoms with E-state index in [0.29, 0.717) is 27.9 Å². The molecule has 27 heavy (non-hydrogen) atoms. The average Bonchev–Trinajstić information content (AvgIpc) is 3.17. The lowest BCUT2D eigenvalue weighted by molar-refractivity contribution is -0.129. The van der Waals surface area contributed by atoms with Crippen LogP contribution in [0.25, 0.3) is 11.3 Å². The van der Waals surface area contributed by atoms with Crippen molar-refractivity contribution in [2.45, 2.75) is 6.10 Å². The molecule has 7 heteroatoms. The number of halogens is 1. The van der Waals surface area contributed by atoms with E-state index in [9.17, 15) is 9.90 Å². The maximum absolute atomic E-state index is 11.9. The summed E-state index contributed by atoms with van der Waals surface area (Å²) in [6.07, 6.45) is 0.0569. The Morgan fingerprint density at radius 3 is 2.70 bits per heavy atom. The molecule has 2 aromatic carbocycles. The third kappa shape index (κ3) is 4.55. The molecule has 2 N–H and O–H groups in total. The van der Waals surface area contributed by atoms with Crippen molar-refractivity contribution in [2.75, 3.05) is 7.11 Å². The molecule has 0 spiro atoms. The van der Waals surface area contributed by atoms with E-state index >= 15 is 0 Å². The number of ether oxygens (including phenoxy) is 1. The topological polar surface area (TPSA) is 84.1 Å². The molecule has 1 aromatic heterocycles. The highest BCUT2D eigenvalue weighted by molar-refractivity contribution is 6.32. The molecular weight excluding hydrogens is 368 g/mol. The molecule has 0 aliphatic rings. The van der Waals surface area contributed by atoms with Gasteiger partial charge in [0.15, 0.2) is 6.10 Å². The van der Waals surface area contributed by atoms with Crippen molar-refractivity contribution in [1.29, 1.82) is 0 Å². The van der Waals surface area contributed by atoms with Gasteiger partial charge in [0.05, 0.1) is 18.3 Å². The summed E-state index contributed by atoms with van der Waals surface area (Å²) in [7, 11) is 1.55. The van der Waals surface area contributed by atoms with Crippen LogP contribution in [0.5, 0.6) is 5.75 Å².